The van der Waals surface area contributed by atoms with Crippen molar-refractivity contribution in [1.29, 1.82) is 0 Å². The molecule has 5 rings (SSSR count). The summed E-state index contributed by atoms with van der Waals surface area (Å²) < 4.78 is 3.05. The van der Waals surface area contributed by atoms with Gasteiger partial charge in [0.1, 0.15) is 11.3 Å². The van der Waals surface area contributed by atoms with Crippen molar-refractivity contribution >= 4 is 62.7 Å². The Morgan fingerprint density at radius 3 is 2.57 bits per heavy atom. The van der Waals surface area contributed by atoms with E-state index in [4.69, 9.17) is 5.73 Å². The van der Waals surface area contributed by atoms with Crippen molar-refractivity contribution in [3.63, 3.8) is 0 Å². The molecule has 12 nitrogen and oxygen atoms in total. The van der Waals surface area contributed by atoms with Crippen molar-refractivity contribution < 1.29 is 19.2 Å². The van der Waals surface area contributed by atoms with E-state index in [2.05, 4.69) is 15.6 Å². The van der Waals surface area contributed by atoms with Gasteiger partial charge in [0.15, 0.2) is 5.16 Å². The number of carbonyl (C=O) groups is 4. The molecule has 14 heteroatoms. The second-order valence-corrected chi connectivity index (χ2v) is 9.66. The number of nitrogens with zero attached hydrogens (tertiary/aromatic N) is 5. The van der Waals surface area contributed by atoms with Crippen molar-refractivity contribution in [2.24, 2.45) is 5.73 Å². The van der Waals surface area contributed by atoms with Crippen LogP contribution in [0, 0.1) is 6.92 Å². The molecule has 1 aliphatic heterocycles. The van der Waals surface area contributed by atoms with Crippen LogP contribution in [0.2, 0.25) is 0 Å². The molecule has 0 bridgehead atoms. The fourth-order valence-corrected chi connectivity index (χ4v) is 5.81. The lowest BCUT2D eigenvalue weighted by Gasteiger charge is -2.12. The summed E-state index contributed by atoms with van der Waals surface area (Å²) in [7, 11) is 0. The zero-order valence-electron chi connectivity index (χ0n) is 18.2. The highest BCUT2D eigenvalue weighted by Gasteiger charge is 2.32. The monoisotopic (exact) mass is 511 g/mol. The third-order valence-corrected chi connectivity index (χ3v) is 7.63. The summed E-state index contributed by atoms with van der Waals surface area (Å²) in [5, 5.41) is 9.63. The zero-order chi connectivity index (χ0) is 24.9. The Morgan fingerprint density at radius 1 is 1.17 bits per heavy atom. The number of aromatic nitrogens is 4. The number of fused-ring (bicyclic) bond motifs is 3. The molecule has 4 heterocycles. The van der Waals surface area contributed by atoms with Crippen LogP contribution in [0.5, 0.6) is 0 Å². The SMILES string of the molecule is Cc1c(C(N)=O)sc2c1c(=O)n(Cc1ccccc1)c1nnc(SCC(=O)N3NC(=O)CC3=O)n21. The average molecular weight is 512 g/mol. The second kappa shape index (κ2) is 8.63. The molecule has 178 valence electrons. The van der Waals surface area contributed by atoms with Crippen LogP contribution in [-0.4, -0.2) is 53.6 Å². The first-order valence-corrected chi connectivity index (χ1v) is 12.1. The summed E-state index contributed by atoms with van der Waals surface area (Å²) in [4.78, 5) is 61.9. The number of nitrogens with one attached hydrogen (secondary N) is 1. The lowest BCUT2D eigenvalue weighted by atomic mass is 10.2. The van der Waals surface area contributed by atoms with Crippen LogP contribution in [0.1, 0.15) is 27.2 Å². The summed E-state index contributed by atoms with van der Waals surface area (Å²) in [6, 6.07) is 9.31. The highest BCUT2D eigenvalue weighted by molar-refractivity contribution is 7.99. The first-order valence-electron chi connectivity index (χ1n) is 10.3. The van der Waals surface area contributed by atoms with Gasteiger partial charge in [0.2, 0.25) is 11.7 Å². The summed E-state index contributed by atoms with van der Waals surface area (Å²) in [6.07, 6.45) is -0.388. The number of benzene rings is 1. The van der Waals surface area contributed by atoms with E-state index in [1.165, 1.54) is 4.57 Å². The zero-order valence-corrected chi connectivity index (χ0v) is 19.8. The minimum absolute atomic E-state index is 0.205. The van der Waals surface area contributed by atoms with Crippen molar-refractivity contribution in [3.8, 4) is 0 Å². The number of nitrogens with two attached hydrogens (primary N) is 1. The van der Waals surface area contributed by atoms with Gasteiger partial charge in [-0.3, -0.25) is 34.0 Å². The van der Waals surface area contributed by atoms with Crippen molar-refractivity contribution in [1.82, 2.24) is 29.6 Å². The molecule has 1 aliphatic rings. The maximum absolute atomic E-state index is 13.5. The van der Waals surface area contributed by atoms with Gasteiger partial charge in [-0.05, 0) is 18.1 Å². The number of primary amides is 1. The van der Waals surface area contributed by atoms with E-state index in [1.54, 1.807) is 11.3 Å². The average Bonchev–Trinajstić information content (AvgIpc) is 3.50. The van der Waals surface area contributed by atoms with Crippen LogP contribution in [0.4, 0.5) is 0 Å². The molecule has 0 spiro atoms. The van der Waals surface area contributed by atoms with Crippen molar-refractivity contribution in [2.75, 3.05) is 5.75 Å². The molecule has 4 amide bonds. The molecule has 1 aromatic carbocycles. The molecule has 1 saturated heterocycles. The van der Waals surface area contributed by atoms with Gasteiger partial charge in [-0.2, -0.15) is 5.01 Å². The smallest absolute Gasteiger partial charge is 0.264 e. The summed E-state index contributed by atoms with van der Waals surface area (Å²) in [6.45, 7) is 1.86. The van der Waals surface area contributed by atoms with Crippen LogP contribution in [0.3, 0.4) is 0 Å². The lowest BCUT2D eigenvalue weighted by Crippen LogP contribution is -2.42. The topological polar surface area (TPSA) is 162 Å². The van der Waals surface area contributed by atoms with Gasteiger partial charge in [-0.1, -0.05) is 42.1 Å². The van der Waals surface area contributed by atoms with Gasteiger partial charge in [0.25, 0.3) is 23.3 Å². The molecule has 3 N–H and O–H groups in total. The van der Waals surface area contributed by atoms with Crippen LogP contribution < -0.4 is 16.7 Å². The predicted molar refractivity (Wildman–Crippen MR) is 127 cm³/mol. The molecular formula is C21H17N7O5S2. The number of hydrogen-bond donors (Lipinski definition) is 2. The summed E-state index contributed by atoms with van der Waals surface area (Å²) in [5.74, 6) is -2.47. The Kier molecular flexibility index (Phi) is 5.61. The number of thioether (sulfide) groups is 1. The van der Waals surface area contributed by atoms with Crippen LogP contribution >= 0.6 is 23.1 Å². The van der Waals surface area contributed by atoms with Crippen molar-refractivity contribution in [3.05, 3.63) is 56.7 Å². The van der Waals surface area contributed by atoms with Gasteiger partial charge in [-0.15, -0.1) is 21.5 Å². The molecule has 1 fully saturated rings. The van der Waals surface area contributed by atoms with Crippen LogP contribution in [-0.2, 0) is 20.9 Å². The standard InChI is InChI=1S/C21H17N7O5S2/c1-10-15-18(33)26(8-11-5-3-2-4-6-11)20-23-24-21(27(20)19(15)35-16(10)17(22)32)34-9-14(31)28-13(30)7-12(29)25-28/h2-6H,7-9H2,1H3,(H2,22,32)(H,25,29). The highest BCUT2D eigenvalue weighted by Crippen LogP contribution is 2.31. The third-order valence-electron chi connectivity index (χ3n) is 5.43. The van der Waals surface area contributed by atoms with Crippen LogP contribution in [0.25, 0.3) is 16.0 Å². The maximum atomic E-state index is 13.5. The minimum atomic E-state index is -0.661. The van der Waals surface area contributed by atoms with Gasteiger partial charge in [0.05, 0.1) is 22.6 Å². The molecule has 0 radical (unpaired) electrons. The molecule has 0 unspecified atom stereocenters. The predicted octanol–water partition coefficient (Wildman–Crippen LogP) is 0.444. The number of thiophene rings is 1. The van der Waals surface area contributed by atoms with E-state index in [0.29, 0.717) is 20.8 Å². The van der Waals surface area contributed by atoms with E-state index < -0.39 is 23.6 Å². The Bertz CT molecular complexity index is 1610. The van der Waals surface area contributed by atoms with Gasteiger partial charge in [-0.25, -0.2) is 4.40 Å². The summed E-state index contributed by atoms with van der Waals surface area (Å²) in [5.41, 5.74) is 8.72. The Balaban J connectivity index is 1.62. The molecule has 35 heavy (non-hydrogen) atoms. The maximum Gasteiger partial charge on any atom is 0.264 e. The van der Waals surface area contributed by atoms with Crippen molar-refractivity contribution in [2.45, 2.75) is 25.0 Å². The first kappa shape index (κ1) is 22.7. The van der Waals surface area contributed by atoms with E-state index in [-0.39, 0.29) is 40.1 Å². The number of aryl methyl sites for hydroxylation is 1. The lowest BCUT2D eigenvalue weighted by molar-refractivity contribution is -0.143. The van der Waals surface area contributed by atoms with Gasteiger partial charge in [0, 0.05) is 0 Å². The van der Waals surface area contributed by atoms with E-state index in [9.17, 15) is 24.0 Å². The minimum Gasteiger partial charge on any atom is -0.365 e. The first-order chi connectivity index (χ1) is 16.8. The van der Waals surface area contributed by atoms with E-state index >= 15 is 0 Å². The van der Waals surface area contributed by atoms with E-state index in [1.807, 2.05) is 30.3 Å². The second-order valence-electron chi connectivity index (χ2n) is 7.72. The molecule has 0 aliphatic carbocycles. The number of imide groups is 1. The van der Waals surface area contributed by atoms with Gasteiger partial charge >= 0.3 is 0 Å². The quantitative estimate of drug-likeness (QED) is 0.278. The van der Waals surface area contributed by atoms with E-state index in [0.717, 1.165) is 28.7 Å². The number of hydrazine groups is 1. The summed E-state index contributed by atoms with van der Waals surface area (Å²) >= 11 is 2.03. The number of carbonyl (C=O) groups excluding carboxylic acids is 4. The molecule has 0 saturated carbocycles. The fraction of sp³-hybridized carbons (Fsp3) is 0.190. The number of amides is 4. The molecule has 0 atom stereocenters. The Hall–Kier alpha value is -4.04. The fourth-order valence-electron chi connectivity index (χ4n) is 3.82. The number of hydrogen-bond acceptors (Lipinski definition) is 9. The third kappa shape index (κ3) is 3.85. The molecule has 3 aromatic heterocycles. The van der Waals surface area contributed by atoms with Gasteiger partial charge < -0.3 is 5.73 Å². The molecular weight excluding hydrogens is 494 g/mol. The molecule has 4 aromatic rings. The largest absolute Gasteiger partial charge is 0.365 e. The Labute approximate surface area is 204 Å². The van der Waals surface area contributed by atoms with Crippen LogP contribution in [0.15, 0.2) is 40.3 Å². The normalized spacial score (nSPS) is 13.7. The highest BCUT2D eigenvalue weighted by atomic mass is 32.2. The Morgan fingerprint density at radius 2 is 1.91 bits per heavy atom. The number of rotatable bonds is 6.